The number of carbonyl (C=O) groups is 1. The fourth-order valence-electron chi connectivity index (χ4n) is 4.19. The topological polar surface area (TPSA) is 52.8 Å². The Morgan fingerprint density at radius 2 is 1.90 bits per heavy atom. The molecule has 0 radical (unpaired) electrons. The molecule has 1 unspecified atom stereocenters. The maximum Gasteiger partial charge on any atom is 0.452 e. The van der Waals surface area contributed by atoms with E-state index in [0.717, 1.165) is 50.4 Å². The van der Waals surface area contributed by atoms with E-state index in [2.05, 4.69) is 26.5 Å². The largest absolute Gasteiger partial charge is 0.452 e. The fraction of sp³-hybridized carbons (Fsp3) is 0.600. The number of alkyl halides is 3. The summed E-state index contributed by atoms with van der Waals surface area (Å²) in [6.07, 6.45) is -2.54. The van der Waals surface area contributed by atoms with Crippen molar-refractivity contribution in [3.8, 4) is 10.6 Å². The van der Waals surface area contributed by atoms with Crippen molar-refractivity contribution in [2.24, 2.45) is 0 Å². The van der Waals surface area contributed by atoms with Gasteiger partial charge in [-0.1, -0.05) is 5.16 Å². The summed E-state index contributed by atoms with van der Waals surface area (Å²) < 4.78 is 43.4. The molecule has 31 heavy (non-hydrogen) atoms. The molecule has 1 atom stereocenters. The monoisotopic (exact) mass is 478 g/mol. The predicted octanol–water partition coefficient (Wildman–Crippen LogP) is 4.00. The third kappa shape index (κ3) is 5.08. The smallest absolute Gasteiger partial charge is 0.351 e. The molecular formula is C20H26ClF3N4O2S. The molecule has 172 valence electrons. The van der Waals surface area contributed by atoms with Crippen molar-refractivity contribution in [3.63, 3.8) is 0 Å². The molecule has 6 nitrogen and oxygen atoms in total. The first kappa shape index (κ1) is 24.0. The zero-order chi connectivity index (χ0) is 21.5. The Labute approximate surface area is 189 Å². The van der Waals surface area contributed by atoms with E-state index in [0.29, 0.717) is 28.9 Å². The second kappa shape index (κ2) is 9.48. The van der Waals surface area contributed by atoms with Crippen molar-refractivity contribution in [2.45, 2.75) is 32.0 Å². The molecule has 1 amide bonds. The van der Waals surface area contributed by atoms with Gasteiger partial charge in [0.15, 0.2) is 0 Å². The van der Waals surface area contributed by atoms with Crippen molar-refractivity contribution in [1.82, 2.24) is 19.9 Å². The summed E-state index contributed by atoms with van der Waals surface area (Å²) in [7, 11) is 2.12. The zero-order valence-electron chi connectivity index (χ0n) is 17.4. The molecule has 4 heterocycles. The van der Waals surface area contributed by atoms with Crippen LogP contribution in [-0.4, -0.2) is 78.1 Å². The molecule has 2 fully saturated rings. The molecule has 0 aliphatic carbocycles. The molecule has 0 bridgehead atoms. The van der Waals surface area contributed by atoms with Gasteiger partial charge in [-0.05, 0) is 38.9 Å². The SMILES string of the molecule is Cc1c(-c2ccc(C(=O)N3CCCC(N4CCN(C)CC4)C3)s2)noc1C(F)(F)F.Cl. The summed E-state index contributed by atoms with van der Waals surface area (Å²) in [4.78, 5) is 20.7. The summed E-state index contributed by atoms with van der Waals surface area (Å²) in [5.74, 6) is -1.16. The van der Waals surface area contributed by atoms with Gasteiger partial charge in [0.05, 0.1) is 9.75 Å². The lowest BCUT2D eigenvalue weighted by Crippen LogP contribution is -2.55. The molecule has 2 aromatic heterocycles. The first-order valence-corrected chi connectivity index (χ1v) is 10.9. The Kier molecular flexibility index (Phi) is 7.35. The summed E-state index contributed by atoms with van der Waals surface area (Å²) in [6, 6.07) is 3.68. The number of rotatable bonds is 3. The second-order valence-electron chi connectivity index (χ2n) is 8.03. The number of hydrogen-bond donors (Lipinski definition) is 0. The number of halogens is 4. The van der Waals surface area contributed by atoms with Crippen LogP contribution < -0.4 is 0 Å². The van der Waals surface area contributed by atoms with E-state index >= 15 is 0 Å². The Morgan fingerprint density at radius 1 is 1.19 bits per heavy atom. The lowest BCUT2D eigenvalue weighted by Gasteiger charge is -2.42. The average molecular weight is 479 g/mol. The fourth-order valence-corrected chi connectivity index (χ4v) is 5.20. The lowest BCUT2D eigenvalue weighted by atomic mass is 10.0. The highest BCUT2D eigenvalue weighted by atomic mass is 35.5. The molecule has 0 aromatic carbocycles. The number of amides is 1. The van der Waals surface area contributed by atoms with Crippen LogP contribution >= 0.6 is 23.7 Å². The number of piperidine rings is 1. The second-order valence-corrected chi connectivity index (χ2v) is 9.12. The minimum absolute atomic E-state index is 0. The number of hydrogen-bond acceptors (Lipinski definition) is 6. The third-order valence-electron chi connectivity index (χ3n) is 5.97. The van der Waals surface area contributed by atoms with Crippen molar-refractivity contribution in [1.29, 1.82) is 0 Å². The molecule has 2 saturated heterocycles. The van der Waals surface area contributed by atoms with E-state index < -0.39 is 11.9 Å². The minimum Gasteiger partial charge on any atom is -0.351 e. The van der Waals surface area contributed by atoms with Gasteiger partial charge in [0, 0.05) is 50.9 Å². The van der Waals surface area contributed by atoms with Gasteiger partial charge in [0.25, 0.3) is 5.91 Å². The van der Waals surface area contributed by atoms with E-state index in [1.807, 2.05) is 4.90 Å². The molecule has 0 spiro atoms. The van der Waals surface area contributed by atoms with Crippen LogP contribution in [0.15, 0.2) is 16.7 Å². The van der Waals surface area contributed by atoms with Crippen LogP contribution in [0.5, 0.6) is 0 Å². The van der Waals surface area contributed by atoms with Crippen molar-refractivity contribution >= 4 is 29.7 Å². The van der Waals surface area contributed by atoms with E-state index in [-0.39, 0.29) is 29.6 Å². The van der Waals surface area contributed by atoms with Crippen LogP contribution in [0.1, 0.15) is 33.8 Å². The first-order chi connectivity index (χ1) is 14.2. The number of likely N-dealkylation sites (tertiary alicyclic amines) is 1. The van der Waals surface area contributed by atoms with Gasteiger partial charge in [-0.25, -0.2) is 0 Å². The van der Waals surface area contributed by atoms with Crippen molar-refractivity contribution < 1.29 is 22.5 Å². The van der Waals surface area contributed by atoms with Crippen LogP contribution in [0.2, 0.25) is 0 Å². The maximum absolute atomic E-state index is 13.1. The third-order valence-corrected chi connectivity index (χ3v) is 7.05. The Morgan fingerprint density at radius 3 is 2.55 bits per heavy atom. The van der Waals surface area contributed by atoms with Crippen LogP contribution in [0.3, 0.4) is 0 Å². The van der Waals surface area contributed by atoms with Crippen LogP contribution in [0, 0.1) is 6.92 Å². The summed E-state index contributed by atoms with van der Waals surface area (Å²) in [6.45, 7) is 6.83. The molecular weight excluding hydrogens is 453 g/mol. The number of likely N-dealkylation sites (N-methyl/N-ethyl adjacent to an activating group) is 1. The number of thiophene rings is 1. The van der Waals surface area contributed by atoms with E-state index in [1.165, 1.54) is 6.92 Å². The molecule has 0 saturated carbocycles. The standard InChI is InChI=1S/C20H25F3N4O2S.ClH/c1-13-17(24-29-18(13)20(21,22)23)15-5-6-16(30-15)19(28)27-7-3-4-14(12-27)26-10-8-25(2)9-11-26;/h5-6,14H,3-4,7-12H2,1-2H3;1H. The van der Waals surface area contributed by atoms with Gasteiger partial charge in [-0.2, -0.15) is 13.2 Å². The van der Waals surface area contributed by atoms with Crippen molar-refractivity contribution in [3.05, 3.63) is 28.3 Å². The lowest BCUT2D eigenvalue weighted by molar-refractivity contribution is -0.156. The van der Waals surface area contributed by atoms with E-state index in [4.69, 9.17) is 0 Å². The Bertz CT molecular complexity index is 909. The first-order valence-electron chi connectivity index (χ1n) is 10.1. The summed E-state index contributed by atoms with van der Waals surface area (Å²) >= 11 is 1.16. The van der Waals surface area contributed by atoms with Gasteiger partial charge in [0.1, 0.15) is 5.69 Å². The summed E-state index contributed by atoms with van der Waals surface area (Å²) in [5.41, 5.74) is 0.0804. The minimum atomic E-state index is -4.59. The summed E-state index contributed by atoms with van der Waals surface area (Å²) in [5, 5.41) is 3.60. The molecule has 2 aromatic rings. The normalized spacial score (nSPS) is 21.2. The zero-order valence-corrected chi connectivity index (χ0v) is 19.1. The molecule has 0 N–H and O–H groups in total. The van der Waals surface area contributed by atoms with E-state index in [9.17, 15) is 18.0 Å². The average Bonchev–Trinajstić information content (AvgIpc) is 3.34. The quantitative estimate of drug-likeness (QED) is 0.667. The van der Waals surface area contributed by atoms with Crippen LogP contribution in [0.4, 0.5) is 13.2 Å². The maximum atomic E-state index is 13.1. The predicted molar refractivity (Wildman–Crippen MR) is 115 cm³/mol. The number of aromatic nitrogens is 1. The van der Waals surface area contributed by atoms with Gasteiger partial charge in [-0.15, -0.1) is 23.7 Å². The highest BCUT2D eigenvalue weighted by Crippen LogP contribution is 2.38. The molecule has 11 heteroatoms. The van der Waals surface area contributed by atoms with Gasteiger partial charge in [0.2, 0.25) is 5.76 Å². The van der Waals surface area contributed by atoms with Gasteiger partial charge >= 0.3 is 6.18 Å². The molecule has 2 aliphatic heterocycles. The highest BCUT2D eigenvalue weighted by Gasteiger charge is 2.39. The Balaban J connectivity index is 0.00000272. The highest BCUT2D eigenvalue weighted by molar-refractivity contribution is 7.17. The molecule has 2 aliphatic rings. The van der Waals surface area contributed by atoms with Crippen LogP contribution in [0.25, 0.3) is 10.6 Å². The van der Waals surface area contributed by atoms with Crippen LogP contribution in [-0.2, 0) is 6.18 Å². The van der Waals surface area contributed by atoms with Crippen molar-refractivity contribution in [2.75, 3.05) is 46.3 Å². The number of piperazine rings is 1. The Hall–Kier alpha value is -1.62. The van der Waals surface area contributed by atoms with Gasteiger partial charge < -0.3 is 14.3 Å². The van der Waals surface area contributed by atoms with E-state index in [1.54, 1.807) is 12.1 Å². The number of nitrogens with zero attached hydrogens (tertiary/aromatic N) is 4. The molecule has 4 rings (SSSR count). The van der Waals surface area contributed by atoms with Gasteiger partial charge in [-0.3, -0.25) is 9.69 Å². The number of carbonyl (C=O) groups excluding carboxylic acids is 1.